The second kappa shape index (κ2) is 11.6. The summed E-state index contributed by atoms with van der Waals surface area (Å²) < 4.78 is 0.909. The van der Waals surface area contributed by atoms with E-state index in [4.69, 9.17) is 23.2 Å². The average Bonchev–Trinajstić information content (AvgIpc) is 3.31. The molecule has 2 N–H and O–H groups in total. The first-order chi connectivity index (χ1) is 16.0. The number of benzene rings is 2. The second-order valence-electron chi connectivity index (χ2n) is 7.98. The van der Waals surface area contributed by atoms with Gasteiger partial charge < -0.3 is 10.6 Å². The topological polar surface area (TPSA) is 57.3 Å². The summed E-state index contributed by atoms with van der Waals surface area (Å²) in [6, 6.07) is 14.2. The minimum absolute atomic E-state index is 0.0665. The predicted molar refractivity (Wildman–Crippen MR) is 141 cm³/mol. The number of nitrogens with one attached hydrogen (secondary N) is 2. The minimum atomic E-state index is 0.0665. The average molecular weight is 522 g/mol. The maximum absolute atomic E-state index is 12.5. The van der Waals surface area contributed by atoms with E-state index >= 15 is 0 Å². The third-order valence-electron chi connectivity index (χ3n) is 5.60. The van der Waals surface area contributed by atoms with Gasteiger partial charge in [0, 0.05) is 49.4 Å². The second-order valence-corrected chi connectivity index (χ2v) is 10.9. The van der Waals surface area contributed by atoms with Crippen molar-refractivity contribution < 1.29 is 4.79 Å². The van der Waals surface area contributed by atoms with Gasteiger partial charge in [0.25, 0.3) is 0 Å². The molecule has 2 aromatic carbocycles. The Morgan fingerprint density at radius 3 is 2.76 bits per heavy atom. The third kappa shape index (κ3) is 6.87. The van der Waals surface area contributed by atoms with Crippen LogP contribution in [0.25, 0.3) is 11.3 Å². The van der Waals surface area contributed by atoms with Crippen molar-refractivity contribution in [3.05, 3.63) is 63.5 Å². The van der Waals surface area contributed by atoms with E-state index in [1.54, 1.807) is 11.3 Å². The van der Waals surface area contributed by atoms with Gasteiger partial charge >= 0.3 is 0 Å². The molecule has 9 heteroatoms. The minimum Gasteiger partial charge on any atom is -0.388 e. The molecule has 174 valence electrons. The van der Waals surface area contributed by atoms with Gasteiger partial charge in [-0.1, -0.05) is 53.2 Å². The van der Waals surface area contributed by atoms with Crippen LogP contribution in [0.15, 0.2) is 52.2 Å². The van der Waals surface area contributed by atoms with Gasteiger partial charge in [0.1, 0.15) is 0 Å². The van der Waals surface area contributed by atoms with Crippen molar-refractivity contribution >= 4 is 57.9 Å². The predicted octanol–water partition coefficient (Wildman–Crippen LogP) is 6.03. The van der Waals surface area contributed by atoms with Crippen LogP contribution >= 0.6 is 46.3 Å². The molecule has 0 unspecified atom stereocenters. The first-order valence-electron chi connectivity index (χ1n) is 10.8. The number of anilines is 1. The van der Waals surface area contributed by atoms with E-state index in [1.807, 2.05) is 48.8 Å². The summed E-state index contributed by atoms with van der Waals surface area (Å²) in [7, 11) is 1.90. The number of carbonyl (C=O) groups is 1. The number of likely N-dealkylation sites (tertiary alicyclic amines) is 1. The highest BCUT2D eigenvalue weighted by Crippen LogP contribution is 2.29. The van der Waals surface area contributed by atoms with Crippen molar-refractivity contribution in [1.82, 2.24) is 15.2 Å². The smallest absolute Gasteiger partial charge is 0.230 e. The molecule has 1 fully saturated rings. The number of halogens is 2. The van der Waals surface area contributed by atoms with Crippen LogP contribution in [-0.4, -0.2) is 47.7 Å². The Labute approximate surface area is 212 Å². The summed E-state index contributed by atoms with van der Waals surface area (Å²) in [5, 5.41) is 9.54. The molecular formula is C24H26Cl2N4OS2. The summed E-state index contributed by atoms with van der Waals surface area (Å²) in [5.41, 5.74) is 4.22. The molecule has 1 aliphatic heterocycles. The number of carbonyl (C=O) groups excluding carboxylic acids is 1. The van der Waals surface area contributed by atoms with Crippen LogP contribution in [0.3, 0.4) is 0 Å². The number of thioether (sulfide) groups is 1. The lowest BCUT2D eigenvalue weighted by atomic mass is 10.0. The lowest BCUT2D eigenvalue weighted by Crippen LogP contribution is -2.44. The molecule has 0 bridgehead atoms. The Morgan fingerprint density at radius 1 is 1.18 bits per heavy atom. The lowest BCUT2D eigenvalue weighted by molar-refractivity contribution is -0.119. The Kier molecular flexibility index (Phi) is 8.55. The monoisotopic (exact) mass is 520 g/mol. The number of piperidine rings is 1. The molecule has 0 spiro atoms. The Bertz CT molecular complexity index is 1100. The summed E-state index contributed by atoms with van der Waals surface area (Å²) >= 11 is 15.2. The number of hydrogen-bond acceptors (Lipinski definition) is 6. The molecule has 33 heavy (non-hydrogen) atoms. The van der Waals surface area contributed by atoms with Crippen molar-refractivity contribution in [3.63, 3.8) is 0 Å². The summed E-state index contributed by atoms with van der Waals surface area (Å²) in [6.07, 6.45) is 1.89. The zero-order valence-electron chi connectivity index (χ0n) is 18.3. The molecule has 2 heterocycles. The van der Waals surface area contributed by atoms with Crippen LogP contribution < -0.4 is 10.6 Å². The highest BCUT2D eigenvalue weighted by Gasteiger charge is 2.21. The normalized spacial score (nSPS) is 14.9. The van der Waals surface area contributed by atoms with Gasteiger partial charge in [-0.05, 0) is 42.7 Å². The molecule has 1 aromatic heterocycles. The molecule has 1 amide bonds. The maximum atomic E-state index is 12.5. The van der Waals surface area contributed by atoms with Crippen LogP contribution in [0.1, 0.15) is 18.4 Å². The maximum Gasteiger partial charge on any atom is 0.230 e. The van der Waals surface area contributed by atoms with Crippen LogP contribution in [0.4, 0.5) is 5.69 Å². The Hall–Kier alpha value is -1.77. The molecule has 0 atom stereocenters. The van der Waals surface area contributed by atoms with E-state index in [9.17, 15) is 4.79 Å². The van der Waals surface area contributed by atoms with Crippen LogP contribution in [0.5, 0.6) is 0 Å². The largest absolute Gasteiger partial charge is 0.388 e. The summed E-state index contributed by atoms with van der Waals surface area (Å²) in [5.74, 6) is 0.448. The van der Waals surface area contributed by atoms with Crippen LogP contribution in [0, 0.1) is 0 Å². The van der Waals surface area contributed by atoms with Crippen molar-refractivity contribution in [1.29, 1.82) is 0 Å². The van der Waals surface area contributed by atoms with Crippen LogP contribution in [-0.2, 0) is 11.3 Å². The van der Waals surface area contributed by atoms with Gasteiger partial charge in [0.05, 0.1) is 21.5 Å². The number of aromatic nitrogens is 1. The fourth-order valence-corrected chi connectivity index (χ4v) is 5.79. The molecule has 1 aliphatic rings. The molecule has 4 rings (SSSR count). The highest BCUT2D eigenvalue weighted by atomic mass is 35.5. The zero-order chi connectivity index (χ0) is 23.2. The number of rotatable bonds is 8. The summed E-state index contributed by atoms with van der Waals surface area (Å²) in [6.45, 7) is 2.73. The lowest BCUT2D eigenvalue weighted by Gasteiger charge is -2.32. The van der Waals surface area contributed by atoms with E-state index in [1.165, 1.54) is 11.8 Å². The fraction of sp³-hybridized carbons (Fsp3) is 0.333. The van der Waals surface area contributed by atoms with Crippen molar-refractivity contribution in [3.8, 4) is 11.3 Å². The van der Waals surface area contributed by atoms with Crippen molar-refractivity contribution in [2.24, 2.45) is 0 Å². The zero-order valence-corrected chi connectivity index (χ0v) is 21.5. The van der Waals surface area contributed by atoms with Gasteiger partial charge in [-0.3, -0.25) is 9.69 Å². The van der Waals surface area contributed by atoms with Gasteiger partial charge in [0.2, 0.25) is 5.91 Å². The first kappa shape index (κ1) is 24.4. The number of amides is 1. The van der Waals surface area contributed by atoms with Gasteiger partial charge in [-0.2, -0.15) is 0 Å². The molecular weight excluding hydrogens is 495 g/mol. The quantitative estimate of drug-likeness (QED) is 0.355. The van der Waals surface area contributed by atoms with Gasteiger partial charge in [-0.25, -0.2) is 4.98 Å². The third-order valence-corrected chi connectivity index (χ3v) is 8.36. The first-order valence-corrected chi connectivity index (χ1v) is 13.4. The highest BCUT2D eigenvalue weighted by molar-refractivity contribution is 8.01. The molecule has 0 radical (unpaired) electrons. The number of hydrogen-bond donors (Lipinski definition) is 2. The van der Waals surface area contributed by atoms with Crippen molar-refractivity contribution in [2.45, 2.75) is 29.8 Å². The molecule has 1 saturated heterocycles. The van der Waals surface area contributed by atoms with Gasteiger partial charge in [-0.15, -0.1) is 11.3 Å². The van der Waals surface area contributed by atoms with E-state index in [-0.39, 0.29) is 11.9 Å². The molecule has 5 nitrogen and oxygen atoms in total. The fourth-order valence-electron chi connectivity index (χ4n) is 3.82. The summed E-state index contributed by atoms with van der Waals surface area (Å²) in [4.78, 5) is 19.6. The Morgan fingerprint density at radius 2 is 2.00 bits per heavy atom. The number of thiazole rings is 1. The van der Waals surface area contributed by atoms with E-state index < -0.39 is 0 Å². The Balaban J connectivity index is 1.20. The van der Waals surface area contributed by atoms with Crippen molar-refractivity contribution in [2.75, 3.05) is 31.2 Å². The molecule has 0 saturated carbocycles. The molecule has 0 aliphatic carbocycles. The van der Waals surface area contributed by atoms with E-state index in [0.717, 1.165) is 59.3 Å². The van der Waals surface area contributed by atoms with Gasteiger partial charge in [0.15, 0.2) is 4.34 Å². The van der Waals surface area contributed by atoms with Crippen LogP contribution in [0.2, 0.25) is 10.0 Å². The number of nitrogens with zero attached hydrogens (tertiary/aromatic N) is 2. The van der Waals surface area contributed by atoms with E-state index in [0.29, 0.717) is 15.8 Å². The standard InChI is InChI=1S/C24H26Cl2N4OS2/c1-27-19-4-2-3-17(12-19)22-14-32-24(29-22)33-15-23(31)28-18-7-9-30(10-8-18)13-16-5-6-20(25)21(26)11-16/h2-6,11-12,14,18,27H,7-10,13,15H2,1H3,(H,28,31). The molecule has 3 aromatic rings. The SMILES string of the molecule is CNc1cccc(-c2csc(SCC(=O)NC3CCN(Cc4ccc(Cl)c(Cl)c4)CC3)n2)c1. The van der Waals surface area contributed by atoms with E-state index in [2.05, 4.69) is 26.6 Å².